The van der Waals surface area contributed by atoms with Crippen LogP contribution in [-0.4, -0.2) is 46.7 Å². The van der Waals surface area contributed by atoms with Gasteiger partial charge >= 0.3 is 18.4 Å². The lowest BCUT2D eigenvalue weighted by atomic mass is 9.89. The van der Waals surface area contributed by atoms with E-state index >= 15 is 0 Å². The number of fused-ring (bicyclic) bond motifs is 1. The van der Waals surface area contributed by atoms with Crippen molar-refractivity contribution in [3.63, 3.8) is 0 Å². The molecule has 1 saturated heterocycles. The number of rotatable bonds is 1. The number of hydrogen-bond acceptors (Lipinski definition) is 7. The minimum Gasteiger partial charge on any atom is -0.444 e. The van der Waals surface area contributed by atoms with Gasteiger partial charge in [-0.05, 0) is 116 Å². The van der Waals surface area contributed by atoms with E-state index < -0.39 is 29.1 Å². The van der Waals surface area contributed by atoms with Gasteiger partial charge in [0.05, 0.1) is 6.04 Å². The number of hydrogen-bond donors (Lipinski definition) is 0. The predicted octanol–water partition coefficient (Wildman–Crippen LogP) is 9.18. The van der Waals surface area contributed by atoms with E-state index in [-0.39, 0.29) is 12.1 Å². The number of benzene rings is 2. The fraction of sp³-hybridized carbons (Fsp3) is 0.581. The second-order valence-electron chi connectivity index (χ2n) is 13.1. The quantitative estimate of drug-likeness (QED) is 0.178. The molecule has 0 bridgehead atoms. The number of piperidine rings is 1. The molecule has 222 valence electrons. The number of likely N-dealkylation sites (tertiary alicyclic amines) is 1. The zero-order valence-electron chi connectivity index (χ0n) is 25.4. The van der Waals surface area contributed by atoms with Gasteiger partial charge in [-0.1, -0.05) is 41.1 Å². The number of amides is 1. The molecular weight excluding hydrogens is 578 g/mol. The lowest BCUT2D eigenvalue weighted by Crippen LogP contribution is -2.44. The Bertz CT molecular complexity index is 1160. The van der Waals surface area contributed by atoms with Gasteiger partial charge in [-0.3, -0.25) is 0 Å². The highest BCUT2D eigenvalue weighted by molar-refractivity contribution is 9.10. The molecule has 8 nitrogen and oxygen atoms in total. The summed E-state index contributed by atoms with van der Waals surface area (Å²) >= 11 is 3.54. The van der Waals surface area contributed by atoms with E-state index in [1.807, 2.05) is 25.7 Å². The first-order valence-corrected chi connectivity index (χ1v) is 14.3. The zero-order chi connectivity index (χ0) is 30.5. The van der Waals surface area contributed by atoms with E-state index in [4.69, 9.17) is 14.2 Å². The fourth-order valence-electron chi connectivity index (χ4n) is 4.07. The summed E-state index contributed by atoms with van der Waals surface area (Å²) in [7, 11) is 0. The average molecular weight is 623 g/mol. The van der Waals surface area contributed by atoms with Crippen molar-refractivity contribution < 1.29 is 33.3 Å². The van der Waals surface area contributed by atoms with Gasteiger partial charge in [-0.15, -0.1) is 0 Å². The topological polar surface area (TPSA) is 91.4 Å². The van der Waals surface area contributed by atoms with E-state index in [2.05, 4.69) is 64.0 Å². The Morgan fingerprint density at radius 1 is 0.750 bits per heavy atom. The van der Waals surface area contributed by atoms with Crippen LogP contribution >= 0.6 is 15.9 Å². The SMILES string of the molecule is CC(C)(C)OC(=O)OC(=O)OC(C)(C)C.C[C@H]1CC[C@H](c2ccc3ccc(Br)cc3c2)N(C(=O)OC(C)(C)C)C1. The van der Waals surface area contributed by atoms with Crippen LogP contribution in [0.2, 0.25) is 0 Å². The lowest BCUT2D eigenvalue weighted by Gasteiger charge is -2.39. The van der Waals surface area contributed by atoms with Crippen molar-refractivity contribution in [2.75, 3.05) is 6.54 Å². The highest BCUT2D eigenvalue weighted by Gasteiger charge is 2.34. The molecule has 0 spiro atoms. The van der Waals surface area contributed by atoms with Crippen LogP contribution in [0.3, 0.4) is 0 Å². The Labute approximate surface area is 246 Å². The van der Waals surface area contributed by atoms with Gasteiger partial charge in [0.1, 0.15) is 16.8 Å². The first-order chi connectivity index (χ1) is 18.2. The van der Waals surface area contributed by atoms with E-state index in [0.29, 0.717) is 5.92 Å². The number of ether oxygens (including phenoxy) is 4. The van der Waals surface area contributed by atoms with Gasteiger partial charge in [-0.25, -0.2) is 14.4 Å². The maximum Gasteiger partial charge on any atom is 0.519 e. The minimum atomic E-state index is -1.06. The Balaban J connectivity index is 0.000000323. The first kappa shape index (κ1) is 33.4. The number of carbonyl (C=O) groups excluding carboxylic acids is 3. The largest absolute Gasteiger partial charge is 0.519 e. The van der Waals surface area contributed by atoms with Gasteiger partial charge in [0, 0.05) is 11.0 Å². The summed E-state index contributed by atoms with van der Waals surface area (Å²) in [5.41, 5.74) is -0.683. The molecule has 40 heavy (non-hydrogen) atoms. The molecule has 0 aromatic heterocycles. The molecular formula is C31H44BrNO7. The second-order valence-corrected chi connectivity index (χ2v) is 14.0. The van der Waals surface area contributed by atoms with E-state index in [1.54, 1.807) is 41.5 Å². The van der Waals surface area contributed by atoms with Crippen molar-refractivity contribution in [2.45, 2.75) is 105 Å². The molecule has 1 heterocycles. The van der Waals surface area contributed by atoms with E-state index in [1.165, 1.54) is 16.3 Å². The number of halogens is 1. The molecule has 1 amide bonds. The summed E-state index contributed by atoms with van der Waals surface area (Å²) < 4.78 is 20.5. The van der Waals surface area contributed by atoms with Crippen LogP contribution < -0.4 is 0 Å². The average Bonchev–Trinajstić information content (AvgIpc) is 2.75. The molecule has 9 heteroatoms. The van der Waals surface area contributed by atoms with Crippen molar-refractivity contribution in [1.29, 1.82) is 0 Å². The maximum atomic E-state index is 12.8. The molecule has 2 aromatic rings. The Kier molecular flexibility index (Phi) is 11.1. The molecule has 0 radical (unpaired) electrons. The van der Waals surface area contributed by atoms with Crippen LogP contribution in [0.25, 0.3) is 10.8 Å². The molecule has 0 saturated carbocycles. The smallest absolute Gasteiger partial charge is 0.444 e. The van der Waals surface area contributed by atoms with Crippen molar-refractivity contribution >= 4 is 45.1 Å². The van der Waals surface area contributed by atoms with Gasteiger partial charge < -0.3 is 23.8 Å². The Hall–Kier alpha value is -2.81. The molecule has 0 N–H and O–H groups in total. The standard InChI is InChI=1S/C21H26BrNO2.C10H18O5/c1-14-5-10-19(23(13-14)20(24)25-21(2,3)4)16-7-6-15-8-9-18(22)12-17(15)11-16;1-9(2,3)14-7(11)13-8(12)15-10(4,5)6/h6-9,11-12,14,19H,5,10,13H2,1-4H3;1-6H3/t14-,19+;/m0./s1. The molecule has 0 unspecified atom stereocenters. The third kappa shape index (κ3) is 11.7. The van der Waals surface area contributed by atoms with E-state index in [9.17, 15) is 14.4 Å². The van der Waals surface area contributed by atoms with Crippen molar-refractivity contribution in [3.05, 3.63) is 46.4 Å². The Morgan fingerprint density at radius 3 is 1.80 bits per heavy atom. The van der Waals surface area contributed by atoms with Gasteiger partial charge in [0.25, 0.3) is 0 Å². The van der Waals surface area contributed by atoms with Crippen molar-refractivity contribution in [1.82, 2.24) is 4.90 Å². The van der Waals surface area contributed by atoms with Crippen molar-refractivity contribution in [3.8, 4) is 0 Å². The molecule has 1 aliphatic heterocycles. The highest BCUT2D eigenvalue weighted by Crippen LogP contribution is 2.36. The van der Waals surface area contributed by atoms with Crippen LogP contribution in [0, 0.1) is 5.92 Å². The minimum absolute atomic E-state index is 0.0782. The van der Waals surface area contributed by atoms with E-state index in [0.717, 1.165) is 23.9 Å². The third-order valence-electron chi connectivity index (χ3n) is 5.60. The highest BCUT2D eigenvalue weighted by atomic mass is 79.9. The summed E-state index contributed by atoms with van der Waals surface area (Å²) in [5.74, 6) is 0.498. The van der Waals surface area contributed by atoms with Crippen LogP contribution in [0.4, 0.5) is 14.4 Å². The second kappa shape index (κ2) is 13.2. The molecule has 0 aliphatic carbocycles. The third-order valence-corrected chi connectivity index (χ3v) is 6.10. The summed E-state index contributed by atoms with van der Waals surface area (Å²) in [6, 6.07) is 12.9. The van der Waals surface area contributed by atoms with Crippen LogP contribution in [0.15, 0.2) is 40.9 Å². The molecule has 1 fully saturated rings. The summed E-state index contributed by atoms with van der Waals surface area (Å²) in [6.07, 6.45) is -0.229. The van der Waals surface area contributed by atoms with Crippen LogP contribution in [0.1, 0.15) is 93.7 Å². The Morgan fingerprint density at radius 2 is 1.27 bits per heavy atom. The zero-order valence-corrected chi connectivity index (χ0v) is 27.0. The fourth-order valence-corrected chi connectivity index (χ4v) is 4.45. The van der Waals surface area contributed by atoms with Crippen LogP contribution in [-0.2, 0) is 18.9 Å². The van der Waals surface area contributed by atoms with Gasteiger partial charge in [-0.2, -0.15) is 0 Å². The van der Waals surface area contributed by atoms with Crippen molar-refractivity contribution in [2.24, 2.45) is 5.92 Å². The maximum absolute atomic E-state index is 12.8. The first-order valence-electron chi connectivity index (χ1n) is 13.5. The van der Waals surface area contributed by atoms with Gasteiger partial charge in [0.15, 0.2) is 0 Å². The molecule has 2 aromatic carbocycles. The lowest BCUT2D eigenvalue weighted by molar-refractivity contribution is -0.0294. The predicted molar refractivity (Wildman–Crippen MR) is 159 cm³/mol. The summed E-state index contributed by atoms with van der Waals surface area (Å²) in [4.78, 5) is 36.7. The monoisotopic (exact) mass is 621 g/mol. The summed E-state index contributed by atoms with van der Waals surface area (Å²) in [6.45, 7) is 18.7. The summed E-state index contributed by atoms with van der Waals surface area (Å²) in [5, 5.41) is 2.40. The normalized spacial score (nSPS) is 17.8. The molecule has 2 atom stereocenters. The number of nitrogens with zero attached hydrogens (tertiary/aromatic N) is 1. The number of carbonyl (C=O) groups is 3. The van der Waals surface area contributed by atoms with Gasteiger partial charge in [0.2, 0.25) is 0 Å². The molecule has 3 rings (SSSR count). The van der Waals surface area contributed by atoms with Crippen LogP contribution in [0.5, 0.6) is 0 Å². The molecule has 1 aliphatic rings.